The first-order valence-corrected chi connectivity index (χ1v) is 13.9. The number of hydrogen-bond donors (Lipinski definition) is 0. The van der Waals surface area contributed by atoms with Gasteiger partial charge in [0.1, 0.15) is 16.7 Å². The Balaban J connectivity index is 1.53. The second-order valence-electron chi connectivity index (χ2n) is 8.68. The molecular formula is C29H23BrN6OS. The van der Waals surface area contributed by atoms with E-state index in [0.717, 1.165) is 32.1 Å². The molecule has 1 aromatic heterocycles. The van der Waals surface area contributed by atoms with E-state index in [-0.39, 0.29) is 0 Å². The van der Waals surface area contributed by atoms with Crippen LogP contribution >= 0.6 is 27.7 Å². The lowest BCUT2D eigenvalue weighted by Crippen LogP contribution is -2.38. The van der Waals surface area contributed by atoms with Gasteiger partial charge in [0.2, 0.25) is 5.95 Å². The Bertz CT molecular complexity index is 1540. The molecule has 0 unspecified atom stereocenters. The lowest BCUT2D eigenvalue weighted by molar-refractivity contribution is 0.122. The molecule has 3 aromatic carbocycles. The lowest BCUT2D eigenvalue weighted by atomic mass is 10.1. The topological polar surface area (TPSA) is 70.2 Å². The predicted molar refractivity (Wildman–Crippen MR) is 156 cm³/mol. The maximum atomic E-state index is 10.6. The van der Waals surface area contributed by atoms with Crippen molar-refractivity contribution >= 4 is 50.6 Å². The Labute approximate surface area is 233 Å². The van der Waals surface area contributed by atoms with Gasteiger partial charge in [0.05, 0.1) is 24.6 Å². The molecule has 7 nitrogen and oxygen atoms in total. The van der Waals surface area contributed by atoms with E-state index in [0.29, 0.717) is 43.6 Å². The van der Waals surface area contributed by atoms with E-state index in [2.05, 4.69) is 71.7 Å². The van der Waals surface area contributed by atoms with Crippen molar-refractivity contribution in [3.8, 4) is 11.8 Å². The number of nitriles is 1. The fraction of sp³-hybridized carbons (Fsp3) is 0.138. The highest BCUT2D eigenvalue weighted by molar-refractivity contribution is 9.10. The summed E-state index contributed by atoms with van der Waals surface area (Å²) in [5, 5.41) is 22.7. The summed E-state index contributed by atoms with van der Waals surface area (Å²) in [6.45, 7) is 2.68. The van der Waals surface area contributed by atoms with Crippen molar-refractivity contribution in [1.82, 2.24) is 14.8 Å². The fourth-order valence-corrected chi connectivity index (χ4v) is 5.86. The SMILES string of the molecule is N#CC(=C1SC=C(c2ccc(Br)cc2)N1c1ccccc1)c1nnc(N2CCOCC2)n1-c1ccccc1. The van der Waals surface area contributed by atoms with Gasteiger partial charge in [-0.15, -0.1) is 10.2 Å². The van der Waals surface area contributed by atoms with Crippen LogP contribution in [0.15, 0.2) is 99.8 Å². The molecule has 38 heavy (non-hydrogen) atoms. The van der Waals surface area contributed by atoms with Gasteiger partial charge in [0.25, 0.3) is 0 Å². The molecule has 1 saturated heterocycles. The van der Waals surface area contributed by atoms with Gasteiger partial charge in [-0.25, -0.2) is 0 Å². The van der Waals surface area contributed by atoms with Gasteiger partial charge in [0.15, 0.2) is 5.82 Å². The monoisotopic (exact) mass is 582 g/mol. The standard InChI is InChI=1S/C29H23BrN6OS/c30-22-13-11-21(12-14-22)26-20-38-28(35(26)23-7-3-1-4-8-23)25(19-31)27-32-33-29(34-15-17-37-18-16-34)36(27)24-9-5-2-6-10-24/h1-14,20H,15-18H2. The van der Waals surface area contributed by atoms with Crippen molar-refractivity contribution in [1.29, 1.82) is 5.26 Å². The fourth-order valence-electron chi connectivity index (χ4n) is 4.56. The Morgan fingerprint density at radius 2 is 1.53 bits per heavy atom. The molecule has 0 N–H and O–H groups in total. The molecule has 188 valence electrons. The summed E-state index contributed by atoms with van der Waals surface area (Å²) in [4.78, 5) is 4.29. The van der Waals surface area contributed by atoms with Crippen molar-refractivity contribution in [2.75, 3.05) is 36.1 Å². The van der Waals surface area contributed by atoms with Gasteiger partial charge in [-0.1, -0.05) is 76.2 Å². The molecular weight excluding hydrogens is 560 g/mol. The zero-order valence-electron chi connectivity index (χ0n) is 20.4. The summed E-state index contributed by atoms with van der Waals surface area (Å²) in [6, 6.07) is 30.7. The molecule has 3 heterocycles. The summed E-state index contributed by atoms with van der Waals surface area (Å²) in [6.07, 6.45) is 0. The van der Waals surface area contributed by atoms with E-state index in [9.17, 15) is 5.26 Å². The molecule has 1 fully saturated rings. The van der Waals surface area contributed by atoms with Gasteiger partial charge < -0.3 is 14.5 Å². The summed E-state index contributed by atoms with van der Waals surface area (Å²) in [7, 11) is 0. The molecule has 2 aliphatic rings. The number of benzene rings is 3. The third-order valence-corrected chi connectivity index (χ3v) is 7.86. The van der Waals surface area contributed by atoms with Crippen LogP contribution in [0.4, 0.5) is 11.6 Å². The smallest absolute Gasteiger partial charge is 0.232 e. The number of para-hydroxylation sites is 2. The third-order valence-electron chi connectivity index (χ3n) is 6.38. The van der Waals surface area contributed by atoms with Gasteiger partial charge in [-0.2, -0.15) is 5.26 Å². The normalized spacial score (nSPS) is 16.8. The average Bonchev–Trinajstić information content (AvgIpc) is 3.61. The highest BCUT2D eigenvalue weighted by Gasteiger charge is 2.31. The first kappa shape index (κ1) is 24.5. The second kappa shape index (κ2) is 10.9. The number of thioether (sulfide) groups is 1. The number of rotatable bonds is 5. The number of halogens is 1. The van der Waals surface area contributed by atoms with Gasteiger partial charge >= 0.3 is 0 Å². The van der Waals surface area contributed by atoms with Crippen LogP contribution < -0.4 is 9.80 Å². The van der Waals surface area contributed by atoms with Crippen LogP contribution in [-0.2, 0) is 4.74 Å². The van der Waals surface area contributed by atoms with Gasteiger partial charge in [-0.3, -0.25) is 4.57 Å². The highest BCUT2D eigenvalue weighted by atomic mass is 79.9. The van der Waals surface area contributed by atoms with Gasteiger partial charge in [0, 0.05) is 28.7 Å². The Morgan fingerprint density at radius 1 is 0.868 bits per heavy atom. The van der Waals surface area contributed by atoms with Crippen molar-refractivity contribution in [3.05, 3.63) is 111 Å². The summed E-state index contributed by atoms with van der Waals surface area (Å²) in [5.74, 6) is 1.22. The van der Waals surface area contributed by atoms with Crippen LogP contribution in [0.3, 0.4) is 0 Å². The number of hydrogen-bond acceptors (Lipinski definition) is 7. The van der Waals surface area contributed by atoms with Crippen LogP contribution in [0.5, 0.6) is 0 Å². The Kier molecular flexibility index (Phi) is 7.01. The van der Waals surface area contributed by atoms with Crippen molar-refractivity contribution in [3.63, 3.8) is 0 Å². The first-order chi connectivity index (χ1) is 18.7. The Morgan fingerprint density at radius 3 is 2.18 bits per heavy atom. The van der Waals surface area contributed by atoms with Crippen LogP contribution in [0, 0.1) is 11.3 Å². The molecule has 6 rings (SSSR count). The number of morpholine rings is 1. The quantitative estimate of drug-likeness (QED) is 0.255. The minimum absolute atomic E-state index is 0.457. The maximum absolute atomic E-state index is 10.6. The zero-order valence-corrected chi connectivity index (χ0v) is 22.8. The van der Waals surface area contributed by atoms with Crippen LogP contribution in [0.1, 0.15) is 11.4 Å². The van der Waals surface area contributed by atoms with Crippen LogP contribution in [0.2, 0.25) is 0 Å². The number of anilines is 2. The zero-order chi connectivity index (χ0) is 25.9. The molecule has 0 aliphatic carbocycles. The van der Waals surface area contributed by atoms with E-state index in [1.165, 1.54) is 11.8 Å². The molecule has 0 spiro atoms. The number of allylic oxidation sites excluding steroid dienone is 1. The second-order valence-corrected chi connectivity index (χ2v) is 10.5. The highest BCUT2D eigenvalue weighted by Crippen LogP contribution is 2.46. The molecule has 0 amide bonds. The molecule has 0 radical (unpaired) electrons. The summed E-state index contributed by atoms with van der Waals surface area (Å²) >= 11 is 5.06. The first-order valence-electron chi connectivity index (χ1n) is 12.2. The van der Waals surface area contributed by atoms with Crippen molar-refractivity contribution in [2.24, 2.45) is 0 Å². The number of ether oxygens (including phenoxy) is 1. The maximum Gasteiger partial charge on any atom is 0.232 e. The molecule has 0 atom stereocenters. The van der Waals surface area contributed by atoms with Crippen LogP contribution in [-0.4, -0.2) is 41.1 Å². The van der Waals surface area contributed by atoms with E-state index >= 15 is 0 Å². The van der Waals surface area contributed by atoms with Gasteiger partial charge in [-0.05, 0) is 42.0 Å². The number of aromatic nitrogens is 3. The molecule has 9 heteroatoms. The van der Waals surface area contributed by atoms with E-state index in [1.807, 2.05) is 65.2 Å². The minimum atomic E-state index is 0.457. The third kappa shape index (κ3) is 4.63. The molecule has 0 saturated carbocycles. The predicted octanol–water partition coefficient (Wildman–Crippen LogP) is 6.31. The molecule has 4 aromatic rings. The average molecular weight is 584 g/mol. The van der Waals surface area contributed by atoms with Crippen molar-refractivity contribution < 1.29 is 4.74 Å². The van der Waals surface area contributed by atoms with E-state index < -0.39 is 0 Å². The lowest BCUT2D eigenvalue weighted by Gasteiger charge is -2.28. The largest absolute Gasteiger partial charge is 0.378 e. The summed E-state index contributed by atoms with van der Waals surface area (Å²) < 4.78 is 8.56. The minimum Gasteiger partial charge on any atom is -0.378 e. The summed E-state index contributed by atoms with van der Waals surface area (Å²) in [5.41, 5.74) is 4.37. The van der Waals surface area contributed by atoms with Crippen molar-refractivity contribution in [2.45, 2.75) is 0 Å². The van der Waals surface area contributed by atoms with E-state index in [4.69, 9.17) is 4.74 Å². The molecule has 0 bridgehead atoms. The Hall–Kier alpha value is -3.84. The number of nitrogens with zero attached hydrogens (tertiary/aromatic N) is 6. The van der Waals surface area contributed by atoms with E-state index in [1.54, 1.807) is 0 Å². The molecule has 2 aliphatic heterocycles. The van der Waals surface area contributed by atoms with Crippen LogP contribution in [0.25, 0.3) is 17.0 Å².